The molecule has 1 amide bonds. The average Bonchev–Trinajstić information content (AvgIpc) is 2.41. The van der Waals surface area contributed by atoms with Crippen molar-refractivity contribution in [3.8, 4) is 0 Å². The third-order valence-corrected chi connectivity index (χ3v) is 3.48. The van der Waals surface area contributed by atoms with Crippen molar-refractivity contribution >= 4 is 17.7 Å². The van der Waals surface area contributed by atoms with Gasteiger partial charge in [-0.05, 0) is 26.7 Å². The van der Waals surface area contributed by atoms with Crippen molar-refractivity contribution in [3.63, 3.8) is 0 Å². The van der Waals surface area contributed by atoms with Crippen LogP contribution in [0.4, 0.5) is 11.8 Å². The summed E-state index contributed by atoms with van der Waals surface area (Å²) in [6, 6.07) is 0. The van der Waals surface area contributed by atoms with Crippen LogP contribution in [-0.4, -0.2) is 35.5 Å². The van der Waals surface area contributed by atoms with Gasteiger partial charge in [0.25, 0.3) is 0 Å². The SMILES string of the molecule is CCNc1ncc(C)c(N2CCC(C(N)=O)CC2)n1. The molecular weight excluding hydrogens is 242 g/mol. The van der Waals surface area contributed by atoms with Crippen molar-refractivity contribution in [1.29, 1.82) is 0 Å². The Morgan fingerprint density at radius 3 is 2.79 bits per heavy atom. The highest BCUT2D eigenvalue weighted by atomic mass is 16.1. The number of nitrogens with two attached hydrogens (primary N) is 1. The number of carbonyl (C=O) groups is 1. The number of primary amides is 1. The highest BCUT2D eigenvalue weighted by molar-refractivity contribution is 5.77. The van der Waals surface area contributed by atoms with Crippen LogP contribution < -0.4 is 16.0 Å². The van der Waals surface area contributed by atoms with Gasteiger partial charge >= 0.3 is 0 Å². The zero-order chi connectivity index (χ0) is 13.8. The van der Waals surface area contributed by atoms with Crippen LogP contribution >= 0.6 is 0 Å². The molecule has 104 valence electrons. The lowest BCUT2D eigenvalue weighted by molar-refractivity contribution is -0.122. The Hall–Kier alpha value is -1.85. The monoisotopic (exact) mass is 263 g/mol. The molecule has 0 aliphatic carbocycles. The first kappa shape index (κ1) is 13.6. The number of amides is 1. The number of piperidine rings is 1. The molecule has 3 N–H and O–H groups in total. The first-order valence-corrected chi connectivity index (χ1v) is 6.73. The molecule has 0 saturated carbocycles. The molecule has 0 radical (unpaired) electrons. The maximum absolute atomic E-state index is 11.2. The number of nitrogens with zero attached hydrogens (tertiary/aromatic N) is 3. The molecule has 1 aromatic heterocycles. The third-order valence-electron chi connectivity index (χ3n) is 3.48. The van der Waals surface area contributed by atoms with Gasteiger partial charge in [0.15, 0.2) is 0 Å². The molecule has 1 fully saturated rings. The highest BCUT2D eigenvalue weighted by Crippen LogP contribution is 2.24. The lowest BCUT2D eigenvalue weighted by Gasteiger charge is -2.32. The van der Waals surface area contributed by atoms with Crippen molar-refractivity contribution in [2.75, 3.05) is 29.9 Å². The van der Waals surface area contributed by atoms with Crippen LogP contribution in [0.15, 0.2) is 6.20 Å². The summed E-state index contributed by atoms with van der Waals surface area (Å²) >= 11 is 0. The summed E-state index contributed by atoms with van der Waals surface area (Å²) in [6.45, 7) is 6.45. The van der Waals surface area contributed by atoms with Gasteiger partial charge in [-0.25, -0.2) is 4.98 Å². The van der Waals surface area contributed by atoms with Gasteiger partial charge in [-0.3, -0.25) is 4.79 Å². The number of hydrogen-bond acceptors (Lipinski definition) is 5. The van der Waals surface area contributed by atoms with E-state index < -0.39 is 0 Å². The molecule has 1 saturated heterocycles. The molecule has 0 bridgehead atoms. The van der Waals surface area contributed by atoms with Crippen LogP contribution in [0.3, 0.4) is 0 Å². The molecule has 1 aromatic rings. The van der Waals surface area contributed by atoms with Crippen molar-refractivity contribution < 1.29 is 4.79 Å². The summed E-state index contributed by atoms with van der Waals surface area (Å²) in [7, 11) is 0. The summed E-state index contributed by atoms with van der Waals surface area (Å²) in [5, 5.41) is 3.12. The molecule has 6 heteroatoms. The van der Waals surface area contributed by atoms with Gasteiger partial charge in [0, 0.05) is 37.3 Å². The van der Waals surface area contributed by atoms with Crippen molar-refractivity contribution in [1.82, 2.24) is 9.97 Å². The third kappa shape index (κ3) is 3.13. The van der Waals surface area contributed by atoms with E-state index in [0.29, 0.717) is 5.95 Å². The quantitative estimate of drug-likeness (QED) is 0.844. The van der Waals surface area contributed by atoms with Crippen LogP contribution in [0.2, 0.25) is 0 Å². The standard InChI is InChI=1S/C13H21N5O/c1-3-15-13-16-8-9(2)12(17-13)18-6-4-10(5-7-18)11(14)19/h8,10H,3-7H2,1-2H3,(H2,14,19)(H,15,16,17). The predicted molar refractivity (Wildman–Crippen MR) is 75.1 cm³/mol. The predicted octanol–water partition coefficient (Wildman–Crippen LogP) is 0.919. The normalized spacial score (nSPS) is 16.4. The summed E-state index contributed by atoms with van der Waals surface area (Å²) in [6.07, 6.45) is 3.44. The molecule has 0 unspecified atom stereocenters. The van der Waals surface area contributed by atoms with E-state index in [1.807, 2.05) is 20.0 Å². The van der Waals surface area contributed by atoms with Crippen molar-refractivity contribution in [2.24, 2.45) is 11.7 Å². The van der Waals surface area contributed by atoms with E-state index in [9.17, 15) is 4.79 Å². The lowest BCUT2D eigenvalue weighted by atomic mass is 9.96. The Kier molecular flexibility index (Phi) is 4.19. The largest absolute Gasteiger partial charge is 0.369 e. The molecule has 1 aliphatic rings. The number of nitrogens with one attached hydrogen (secondary N) is 1. The maximum Gasteiger partial charge on any atom is 0.224 e. The molecule has 0 spiro atoms. The first-order valence-electron chi connectivity index (χ1n) is 6.73. The summed E-state index contributed by atoms with van der Waals surface area (Å²) in [4.78, 5) is 22.2. The Labute approximate surface area is 113 Å². The van der Waals surface area contributed by atoms with Gasteiger partial charge in [-0.15, -0.1) is 0 Å². The van der Waals surface area contributed by atoms with Gasteiger partial charge in [-0.2, -0.15) is 4.98 Å². The number of anilines is 2. The van der Waals surface area contributed by atoms with E-state index in [4.69, 9.17) is 5.73 Å². The number of aromatic nitrogens is 2. The number of carbonyl (C=O) groups excluding carboxylic acids is 1. The Morgan fingerprint density at radius 2 is 2.21 bits per heavy atom. The molecule has 19 heavy (non-hydrogen) atoms. The summed E-state index contributed by atoms with van der Waals surface area (Å²) in [5.41, 5.74) is 6.41. The van der Waals surface area contributed by atoms with E-state index >= 15 is 0 Å². The minimum atomic E-state index is -0.188. The van der Waals surface area contributed by atoms with Crippen molar-refractivity contribution in [2.45, 2.75) is 26.7 Å². The molecule has 1 aliphatic heterocycles. The number of hydrogen-bond donors (Lipinski definition) is 2. The minimum absolute atomic E-state index is 0.00614. The van der Waals surface area contributed by atoms with Gasteiger partial charge in [0.05, 0.1) is 0 Å². The van der Waals surface area contributed by atoms with E-state index in [0.717, 1.165) is 43.9 Å². The molecule has 0 aromatic carbocycles. The van der Waals surface area contributed by atoms with Crippen LogP contribution in [-0.2, 0) is 4.79 Å². The fraction of sp³-hybridized carbons (Fsp3) is 0.615. The Balaban J connectivity index is 2.10. The fourth-order valence-corrected chi connectivity index (χ4v) is 2.37. The van der Waals surface area contributed by atoms with Gasteiger partial charge in [-0.1, -0.05) is 0 Å². The van der Waals surface area contributed by atoms with E-state index in [-0.39, 0.29) is 11.8 Å². The lowest BCUT2D eigenvalue weighted by Crippen LogP contribution is -2.39. The van der Waals surface area contributed by atoms with Crippen LogP contribution in [0.5, 0.6) is 0 Å². The summed E-state index contributed by atoms with van der Waals surface area (Å²) in [5.74, 6) is 1.42. The number of rotatable bonds is 4. The van der Waals surface area contributed by atoms with Crippen LogP contribution in [0.25, 0.3) is 0 Å². The van der Waals surface area contributed by atoms with Gasteiger partial charge in [0.1, 0.15) is 5.82 Å². The maximum atomic E-state index is 11.2. The van der Waals surface area contributed by atoms with E-state index in [2.05, 4.69) is 20.2 Å². The number of aryl methyl sites for hydroxylation is 1. The second-order valence-electron chi connectivity index (χ2n) is 4.89. The fourth-order valence-electron chi connectivity index (χ4n) is 2.37. The smallest absolute Gasteiger partial charge is 0.224 e. The highest BCUT2D eigenvalue weighted by Gasteiger charge is 2.24. The Bertz CT molecular complexity index is 454. The zero-order valence-electron chi connectivity index (χ0n) is 11.5. The van der Waals surface area contributed by atoms with Gasteiger partial charge < -0.3 is 16.0 Å². The average molecular weight is 263 g/mol. The van der Waals surface area contributed by atoms with E-state index in [1.54, 1.807) is 0 Å². The molecular formula is C13H21N5O. The zero-order valence-corrected chi connectivity index (χ0v) is 11.5. The first-order chi connectivity index (χ1) is 9.11. The molecule has 2 heterocycles. The molecule has 6 nitrogen and oxygen atoms in total. The van der Waals surface area contributed by atoms with Gasteiger partial charge in [0.2, 0.25) is 11.9 Å². The summed E-state index contributed by atoms with van der Waals surface area (Å²) < 4.78 is 0. The van der Waals surface area contributed by atoms with Crippen LogP contribution in [0, 0.1) is 12.8 Å². The topological polar surface area (TPSA) is 84.1 Å². The molecule has 0 atom stereocenters. The van der Waals surface area contributed by atoms with Crippen LogP contribution in [0.1, 0.15) is 25.3 Å². The second-order valence-corrected chi connectivity index (χ2v) is 4.89. The molecule has 2 rings (SSSR count). The minimum Gasteiger partial charge on any atom is -0.369 e. The van der Waals surface area contributed by atoms with E-state index in [1.165, 1.54) is 0 Å². The Morgan fingerprint density at radius 1 is 1.53 bits per heavy atom. The second kappa shape index (κ2) is 5.86. The van der Waals surface area contributed by atoms with Crippen molar-refractivity contribution in [3.05, 3.63) is 11.8 Å².